The molecule has 4 aliphatic rings. The number of amides is 1. The van der Waals surface area contributed by atoms with Crippen LogP contribution in [0.25, 0.3) is 0 Å². The van der Waals surface area contributed by atoms with E-state index in [4.69, 9.17) is 33.2 Å². The van der Waals surface area contributed by atoms with Gasteiger partial charge in [-0.1, -0.05) is 76.2 Å². The van der Waals surface area contributed by atoms with Crippen molar-refractivity contribution in [2.45, 2.75) is 134 Å². The van der Waals surface area contributed by atoms with Crippen LogP contribution >= 0.6 is 12.6 Å². The van der Waals surface area contributed by atoms with Gasteiger partial charge >= 0.3 is 35.8 Å². The minimum absolute atomic E-state index is 0.0513. The third kappa shape index (κ3) is 10.1. The van der Waals surface area contributed by atoms with Crippen molar-refractivity contribution in [1.29, 1.82) is 0 Å². The van der Waals surface area contributed by atoms with Gasteiger partial charge in [-0.2, -0.15) is 12.6 Å². The third-order valence-corrected chi connectivity index (χ3v) is 15.1. The summed E-state index contributed by atoms with van der Waals surface area (Å²) in [5, 5.41) is 16.9. The third-order valence-electron chi connectivity index (χ3n) is 14.9. The maximum atomic E-state index is 16.2. The Morgan fingerprint density at radius 1 is 0.836 bits per heavy atom. The van der Waals surface area contributed by atoms with Crippen LogP contribution in [0, 0.1) is 22.6 Å². The molecule has 0 radical (unpaired) electrons. The number of carbonyl (C=O) groups is 8. The van der Waals surface area contributed by atoms with Gasteiger partial charge in [-0.05, 0) is 67.0 Å². The van der Waals surface area contributed by atoms with Gasteiger partial charge < -0.3 is 43.6 Å². The standard InChI is InChI=1S/C54H60FNO16S/c1-8-38(58)69-43-41-29(3)35(67-50(64)44(70-39(59)9-2)42(31-16-12-10-13-17-31)56-48(62)32-18-14-11-15-19-32)27-54(65,51(41,5)6)47(71-49(63)33-20-22-34(55)23-21-33)45-52(7,46(43)61)36(68-40(60)24-25-73)26-37-53(45,28-66-37)72-30(4)57/h10-23,35-37,42-45,47,65,73H,8-9,24-28H2,1-7H3,(H,56,62)/t35-,36-,37+,42-,43+,44+,45?,47?,52+,53-,54+/m0/s1. The van der Waals surface area contributed by atoms with E-state index in [2.05, 4.69) is 17.9 Å². The predicted octanol–water partition coefficient (Wildman–Crippen LogP) is 6.10. The van der Waals surface area contributed by atoms with Gasteiger partial charge in [0.1, 0.15) is 41.9 Å². The minimum atomic E-state index is -2.56. The summed E-state index contributed by atoms with van der Waals surface area (Å²) in [6.45, 7) is 9.62. The van der Waals surface area contributed by atoms with Gasteiger partial charge in [-0.15, -0.1) is 0 Å². The Hall–Kier alpha value is -6.44. The summed E-state index contributed by atoms with van der Waals surface area (Å²) in [6, 6.07) is 19.2. The molecule has 1 saturated heterocycles. The number of nitrogens with one attached hydrogen (secondary N) is 1. The lowest BCUT2D eigenvalue weighted by Gasteiger charge is -2.67. The predicted molar refractivity (Wildman–Crippen MR) is 259 cm³/mol. The number of Topliss-reactive ketones (excluding diaryl/α,β-unsaturated/α-hetero) is 1. The summed E-state index contributed by atoms with van der Waals surface area (Å²) in [7, 11) is 0. The topological polar surface area (TPSA) is 233 Å². The molecule has 2 saturated carbocycles. The van der Waals surface area contributed by atoms with Crippen LogP contribution in [-0.4, -0.2) is 113 Å². The van der Waals surface area contributed by atoms with Crippen molar-refractivity contribution in [3.8, 4) is 0 Å². The number of rotatable bonds is 16. The maximum absolute atomic E-state index is 16.2. The summed E-state index contributed by atoms with van der Waals surface area (Å²) in [5.74, 6) is -9.61. The smallest absolute Gasteiger partial charge is 0.350 e. The lowest BCUT2D eigenvalue weighted by Crippen LogP contribution is -2.82. The van der Waals surface area contributed by atoms with E-state index < -0.39 is 137 Å². The van der Waals surface area contributed by atoms with E-state index in [1.54, 1.807) is 60.7 Å². The number of thiol groups is 1. The fraction of sp³-hybridized carbons (Fsp3) is 0.481. The number of ether oxygens (including phenoxy) is 7. The molecule has 3 aromatic carbocycles. The van der Waals surface area contributed by atoms with Crippen molar-refractivity contribution >= 4 is 60.1 Å². The van der Waals surface area contributed by atoms with Gasteiger partial charge in [0, 0.05) is 49.3 Å². The summed E-state index contributed by atoms with van der Waals surface area (Å²) in [6.07, 6.45) is -11.7. The van der Waals surface area contributed by atoms with Gasteiger partial charge in [-0.3, -0.25) is 28.8 Å². The van der Waals surface area contributed by atoms with Gasteiger partial charge in [0.25, 0.3) is 5.91 Å². The van der Waals surface area contributed by atoms with Crippen LogP contribution in [0.4, 0.5) is 4.39 Å². The molecular formula is C54H60FNO16S. The zero-order chi connectivity index (χ0) is 53.2. The molecule has 3 aliphatic carbocycles. The molecule has 17 nitrogen and oxygen atoms in total. The normalized spacial score (nSPS) is 28.7. The fourth-order valence-electron chi connectivity index (χ4n) is 11.0. The van der Waals surface area contributed by atoms with Crippen LogP contribution < -0.4 is 5.32 Å². The monoisotopic (exact) mass is 1030 g/mol. The molecule has 0 aromatic heterocycles. The minimum Gasteiger partial charge on any atom is -0.461 e. The second kappa shape index (κ2) is 21.6. The van der Waals surface area contributed by atoms with Crippen LogP contribution in [0.2, 0.25) is 0 Å². The lowest BCUT2D eigenvalue weighted by molar-refractivity contribution is -0.346. The average Bonchev–Trinajstić information content (AvgIpc) is 3.35. The number of halogens is 1. The molecule has 0 spiro atoms. The zero-order valence-electron chi connectivity index (χ0n) is 41.5. The highest BCUT2D eigenvalue weighted by Gasteiger charge is 2.79. The van der Waals surface area contributed by atoms with E-state index in [1.165, 1.54) is 41.5 Å². The number of hydrogen-bond donors (Lipinski definition) is 3. The zero-order valence-corrected chi connectivity index (χ0v) is 42.4. The quantitative estimate of drug-likeness (QED) is 0.0637. The first-order chi connectivity index (χ1) is 34.6. The Balaban J connectivity index is 1.47. The number of aliphatic hydroxyl groups is 1. The average molecular weight is 1030 g/mol. The molecule has 19 heteroatoms. The highest BCUT2D eigenvalue weighted by Crippen LogP contribution is 2.65. The van der Waals surface area contributed by atoms with Crippen molar-refractivity contribution < 1.29 is 81.0 Å². The Labute approximate surface area is 427 Å². The second-order valence-electron chi connectivity index (χ2n) is 19.5. The SMILES string of the molecule is CCC(=O)O[C@H]1C(=O)[C@@]2(C)C(C(OC(=O)c3ccc(F)cc3)[C@]3(O)C[C@H](OC(=O)[C@H](OC(=O)CC)[C@@H](NC(=O)c4ccccc4)c4ccccc4)C(C)=C1C3(C)C)[C@]1(OC(C)=O)CO[C@@H]1C[C@@H]2OC(=O)CCS. The Morgan fingerprint density at radius 3 is 2.04 bits per heavy atom. The number of hydrogen-bond acceptors (Lipinski definition) is 17. The largest absolute Gasteiger partial charge is 0.461 e. The van der Waals surface area contributed by atoms with Gasteiger partial charge in [0.05, 0.1) is 29.9 Å². The van der Waals surface area contributed by atoms with Crippen molar-refractivity contribution in [3.63, 3.8) is 0 Å². The molecule has 73 heavy (non-hydrogen) atoms. The molecular weight excluding hydrogens is 970 g/mol. The number of fused-ring (bicyclic) bond motifs is 5. The molecule has 1 aliphatic heterocycles. The number of ketones is 1. The fourth-order valence-corrected chi connectivity index (χ4v) is 11.2. The van der Waals surface area contributed by atoms with Crippen LogP contribution in [0.5, 0.6) is 0 Å². The molecule has 1 amide bonds. The molecule has 2 bridgehead atoms. The molecule has 3 fully saturated rings. The molecule has 3 aromatic rings. The highest BCUT2D eigenvalue weighted by atomic mass is 32.1. The van der Waals surface area contributed by atoms with Crippen molar-refractivity contribution in [1.82, 2.24) is 5.32 Å². The Morgan fingerprint density at radius 2 is 1.47 bits per heavy atom. The van der Waals surface area contributed by atoms with Crippen LogP contribution in [0.15, 0.2) is 96.1 Å². The Bertz CT molecular complexity index is 2660. The van der Waals surface area contributed by atoms with Crippen molar-refractivity contribution in [3.05, 3.63) is 119 Å². The first-order valence-corrected chi connectivity index (χ1v) is 24.8. The van der Waals surface area contributed by atoms with Crippen LogP contribution in [0.3, 0.4) is 0 Å². The van der Waals surface area contributed by atoms with E-state index in [0.717, 1.165) is 31.2 Å². The van der Waals surface area contributed by atoms with Crippen LogP contribution in [0.1, 0.15) is 113 Å². The first kappa shape index (κ1) is 54.3. The van der Waals surface area contributed by atoms with E-state index in [-0.39, 0.29) is 53.7 Å². The number of carbonyl (C=O) groups excluding carboxylic acids is 8. The van der Waals surface area contributed by atoms with Crippen molar-refractivity contribution in [2.75, 3.05) is 12.4 Å². The van der Waals surface area contributed by atoms with E-state index >= 15 is 9.59 Å². The first-order valence-electron chi connectivity index (χ1n) is 24.1. The number of benzene rings is 3. The maximum Gasteiger partial charge on any atom is 0.350 e. The van der Waals surface area contributed by atoms with E-state index in [1.807, 2.05) is 0 Å². The molecule has 1 heterocycles. The van der Waals surface area contributed by atoms with Crippen molar-refractivity contribution in [2.24, 2.45) is 16.7 Å². The lowest BCUT2D eigenvalue weighted by atomic mass is 9.44. The molecule has 2 N–H and O–H groups in total. The second-order valence-corrected chi connectivity index (χ2v) is 19.9. The Kier molecular flexibility index (Phi) is 16.1. The summed E-state index contributed by atoms with van der Waals surface area (Å²) >= 11 is 4.19. The van der Waals surface area contributed by atoms with E-state index in [9.17, 15) is 38.3 Å². The molecule has 390 valence electrons. The van der Waals surface area contributed by atoms with Gasteiger partial charge in [0.15, 0.2) is 17.5 Å². The highest BCUT2D eigenvalue weighted by molar-refractivity contribution is 7.80. The van der Waals surface area contributed by atoms with E-state index in [0.29, 0.717) is 5.56 Å². The summed E-state index contributed by atoms with van der Waals surface area (Å²) in [5.41, 5.74) is -8.10. The molecule has 2 unspecified atom stereocenters. The molecule has 7 rings (SSSR count). The van der Waals surface area contributed by atoms with Gasteiger partial charge in [-0.25, -0.2) is 14.0 Å². The van der Waals surface area contributed by atoms with Gasteiger partial charge in [0.2, 0.25) is 6.10 Å². The summed E-state index contributed by atoms with van der Waals surface area (Å²) < 4.78 is 57.5. The molecule has 11 atom stereocenters. The van der Waals surface area contributed by atoms with Crippen LogP contribution in [-0.2, 0) is 61.9 Å². The summed E-state index contributed by atoms with van der Waals surface area (Å²) in [4.78, 5) is 114. The number of esters is 6.